The second-order valence-electron chi connectivity index (χ2n) is 8.16. The molecule has 0 bridgehead atoms. The van der Waals surface area contributed by atoms with Crippen molar-refractivity contribution in [1.29, 1.82) is 5.26 Å². The van der Waals surface area contributed by atoms with Gasteiger partial charge in [0.05, 0.1) is 25.5 Å². The van der Waals surface area contributed by atoms with E-state index in [2.05, 4.69) is 39.6 Å². The van der Waals surface area contributed by atoms with Gasteiger partial charge in [-0.2, -0.15) is 15.5 Å². The molecule has 0 aromatic carbocycles. The zero-order valence-electron chi connectivity index (χ0n) is 17.0. The van der Waals surface area contributed by atoms with Crippen molar-refractivity contribution in [2.75, 3.05) is 40.3 Å². The number of likely N-dealkylation sites (tertiary alicyclic amines) is 2. The molecule has 3 aromatic heterocycles. The van der Waals surface area contributed by atoms with Crippen molar-refractivity contribution in [3.8, 4) is 22.9 Å². The molecule has 1 atom stereocenters. The van der Waals surface area contributed by atoms with Crippen LogP contribution in [0.1, 0.15) is 23.7 Å². The zero-order valence-corrected chi connectivity index (χ0v) is 17.0. The quantitative estimate of drug-likeness (QED) is 0.677. The number of fused-ring (bicyclic) bond motifs is 1. The third-order valence-corrected chi connectivity index (χ3v) is 6.39. The minimum atomic E-state index is 0.426. The first-order valence-corrected chi connectivity index (χ1v) is 10.0. The van der Waals surface area contributed by atoms with E-state index in [4.69, 9.17) is 9.84 Å². The number of rotatable bonds is 4. The van der Waals surface area contributed by atoms with Gasteiger partial charge in [-0.3, -0.25) is 9.58 Å². The Hall–Kier alpha value is -2.89. The van der Waals surface area contributed by atoms with Crippen LogP contribution in [0.15, 0.2) is 24.7 Å². The maximum absolute atomic E-state index is 9.31. The van der Waals surface area contributed by atoms with Gasteiger partial charge in [-0.1, -0.05) is 0 Å². The van der Waals surface area contributed by atoms with Crippen LogP contribution < -0.4 is 4.74 Å². The number of pyridine rings is 1. The van der Waals surface area contributed by atoms with Crippen molar-refractivity contribution in [1.82, 2.24) is 29.2 Å². The van der Waals surface area contributed by atoms with Crippen LogP contribution in [0.4, 0.5) is 0 Å². The molecule has 5 rings (SSSR count). The number of hydrogen-bond donors (Lipinski definition) is 0. The molecular formula is C21H25N7O. The van der Waals surface area contributed by atoms with E-state index >= 15 is 0 Å². The molecule has 0 aliphatic carbocycles. The predicted molar refractivity (Wildman–Crippen MR) is 109 cm³/mol. The second kappa shape index (κ2) is 6.87. The lowest BCUT2D eigenvalue weighted by Gasteiger charge is -2.43. The summed E-state index contributed by atoms with van der Waals surface area (Å²) in [6.07, 6.45) is 6.70. The van der Waals surface area contributed by atoms with Crippen molar-refractivity contribution < 1.29 is 4.74 Å². The average molecular weight is 391 g/mol. The number of likely N-dealkylation sites (N-methyl/N-ethyl adjacent to an activating group) is 1. The average Bonchev–Trinajstić information content (AvgIpc) is 3.39. The van der Waals surface area contributed by atoms with Gasteiger partial charge >= 0.3 is 0 Å². The van der Waals surface area contributed by atoms with E-state index in [-0.39, 0.29) is 0 Å². The monoisotopic (exact) mass is 391 g/mol. The maximum Gasteiger partial charge on any atom is 0.146 e. The van der Waals surface area contributed by atoms with Gasteiger partial charge < -0.3 is 9.64 Å². The number of nitriles is 1. The summed E-state index contributed by atoms with van der Waals surface area (Å²) in [5, 5.41) is 18.3. The zero-order chi connectivity index (χ0) is 20.1. The van der Waals surface area contributed by atoms with Crippen molar-refractivity contribution in [2.45, 2.75) is 25.4 Å². The van der Waals surface area contributed by atoms with E-state index in [1.165, 1.54) is 19.5 Å². The highest BCUT2D eigenvalue weighted by atomic mass is 16.5. The highest BCUT2D eigenvalue weighted by molar-refractivity contribution is 5.75. The Bertz CT molecular complexity index is 1100. The summed E-state index contributed by atoms with van der Waals surface area (Å²) in [5.41, 5.74) is 4.40. The molecule has 0 N–H and O–H groups in total. The summed E-state index contributed by atoms with van der Waals surface area (Å²) in [6.45, 7) is 6.61. The summed E-state index contributed by atoms with van der Waals surface area (Å²) in [7, 11) is 3.82. The Kier molecular flexibility index (Phi) is 4.30. The standard InChI is InChI=1S/C21H25N7O/c1-14-19(15-6-20(29-3)21-16(7-22)8-23-27(21)10-15)9-24-28(14)18-12-26(13-18)17-4-5-25(2)11-17/h6,8-10,17-18H,4-5,11-13H2,1-3H3/t17-/m1/s1. The fourth-order valence-electron chi connectivity index (χ4n) is 4.69. The first kappa shape index (κ1) is 18.2. The normalized spacial score (nSPS) is 20.8. The third kappa shape index (κ3) is 2.89. The highest BCUT2D eigenvalue weighted by Gasteiger charge is 2.37. The van der Waals surface area contributed by atoms with Gasteiger partial charge in [-0.25, -0.2) is 4.52 Å². The van der Waals surface area contributed by atoms with Gasteiger partial charge in [-0.05, 0) is 33.0 Å². The van der Waals surface area contributed by atoms with Gasteiger partial charge in [0.15, 0.2) is 0 Å². The lowest BCUT2D eigenvalue weighted by Crippen LogP contribution is -2.53. The van der Waals surface area contributed by atoms with Gasteiger partial charge in [0.25, 0.3) is 0 Å². The molecule has 0 spiro atoms. The largest absolute Gasteiger partial charge is 0.494 e. The molecule has 150 valence electrons. The fraction of sp³-hybridized carbons (Fsp3) is 0.476. The molecule has 2 saturated heterocycles. The van der Waals surface area contributed by atoms with Gasteiger partial charge in [0, 0.05) is 48.7 Å². The smallest absolute Gasteiger partial charge is 0.146 e. The van der Waals surface area contributed by atoms with E-state index in [9.17, 15) is 5.26 Å². The molecule has 8 nitrogen and oxygen atoms in total. The Labute approximate surface area is 169 Å². The van der Waals surface area contributed by atoms with Crippen LogP contribution in [0.3, 0.4) is 0 Å². The topological polar surface area (TPSA) is 74.6 Å². The molecule has 2 aliphatic heterocycles. The Morgan fingerprint density at radius 2 is 2.00 bits per heavy atom. The lowest BCUT2D eigenvalue weighted by atomic mass is 10.0. The van der Waals surface area contributed by atoms with E-state index in [1.54, 1.807) is 17.8 Å². The third-order valence-electron chi connectivity index (χ3n) is 6.39. The summed E-state index contributed by atoms with van der Waals surface area (Å²) < 4.78 is 9.42. The molecule has 0 unspecified atom stereocenters. The molecule has 29 heavy (non-hydrogen) atoms. The SMILES string of the molecule is COc1cc(-c2cnn(C3CN([C@@H]4CCN(C)C4)C3)c2C)cn2ncc(C#N)c12. The van der Waals surface area contributed by atoms with Crippen LogP contribution in [0, 0.1) is 18.3 Å². The first-order valence-electron chi connectivity index (χ1n) is 10.0. The Morgan fingerprint density at radius 1 is 1.17 bits per heavy atom. The molecule has 5 heterocycles. The maximum atomic E-state index is 9.31. The molecular weight excluding hydrogens is 366 g/mol. The number of methoxy groups -OCH3 is 1. The van der Waals surface area contributed by atoms with Crippen LogP contribution >= 0.6 is 0 Å². The van der Waals surface area contributed by atoms with Gasteiger partial charge in [-0.15, -0.1) is 0 Å². The summed E-state index contributed by atoms with van der Waals surface area (Å²) in [4.78, 5) is 4.99. The van der Waals surface area contributed by atoms with E-state index < -0.39 is 0 Å². The predicted octanol–water partition coefficient (Wildman–Crippen LogP) is 1.95. The van der Waals surface area contributed by atoms with Gasteiger partial charge in [0.2, 0.25) is 0 Å². The summed E-state index contributed by atoms with van der Waals surface area (Å²) in [5.74, 6) is 0.642. The Balaban J connectivity index is 1.41. The van der Waals surface area contributed by atoms with E-state index in [0.717, 1.165) is 29.9 Å². The van der Waals surface area contributed by atoms with Crippen molar-refractivity contribution in [2.24, 2.45) is 0 Å². The first-order chi connectivity index (χ1) is 14.1. The number of aromatic nitrogens is 4. The number of ether oxygens (including phenoxy) is 1. The lowest BCUT2D eigenvalue weighted by molar-refractivity contribution is 0.0558. The fourth-order valence-corrected chi connectivity index (χ4v) is 4.69. The van der Waals surface area contributed by atoms with Crippen molar-refractivity contribution in [3.63, 3.8) is 0 Å². The molecule has 0 radical (unpaired) electrons. The van der Waals surface area contributed by atoms with E-state index in [1.807, 2.05) is 18.5 Å². The molecule has 3 aromatic rings. The summed E-state index contributed by atoms with van der Waals surface area (Å²) >= 11 is 0. The molecule has 0 amide bonds. The minimum absolute atomic E-state index is 0.426. The van der Waals surface area contributed by atoms with E-state index in [0.29, 0.717) is 28.9 Å². The number of hydrogen-bond acceptors (Lipinski definition) is 6. The van der Waals surface area contributed by atoms with Gasteiger partial charge in [0.1, 0.15) is 22.9 Å². The minimum Gasteiger partial charge on any atom is -0.494 e. The summed E-state index contributed by atoms with van der Waals surface area (Å²) in [6, 6.07) is 5.25. The van der Waals surface area contributed by atoms with Crippen LogP contribution in [-0.2, 0) is 0 Å². The van der Waals surface area contributed by atoms with Crippen LogP contribution in [0.25, 0.3) is 16.6 Å². The molecule has 0 saturated carbocycles. The second-order valence-corrected chi connectivity index (χ2v) is 8.16. The molecule has 2 aliphatic rings. The molecule has 2 fully saturated rings. The van der Waals surface area contributed by atoms with Crippen LogP contribution in [0.5, 0.6) is 5.75 Å². The number of nitrogens with zero attached hydrogens (tertiary/aromatic N) is 7. The molecule has 8 heteroatoms. The highest BCUT2D eigenvalue weighted by Crippen LogP contribution is 2.34. The Morgan fingerprint density at radius 3 is 2.69 bits per heavy atom. The van der Waals surface area contributed by atoms with Crippen molar-refractivity contribution >= 4 is 5.52 Å². The van der Waals surface area contributed by atoms with Crippen LogP contribution in [0.2, 0.25) is 0 Å². The van der Waals surface area contributed by atoms with Crippen LogP contribution in [-0.4, -0.2) is 75.6 Å². The van der Waals surface area contributed by atoms with Crippen molar-refractivity contribution in [3.05, 3.63) is 35.9 Å².